The molecule has 0 radical (unpaired) electrons. The molecule has 0 saturated heterocycles. The fourth-order valence-electron chi connectivity index (χ4n) is 4.10. The third-order valence-corrected chi connectivity index (χ3v) is 6.23. The maximum atomic E-state index is 5.59. The van der Waals surface area contributed by atoms with Gasteiger partial charge in [-0.3, -0.25) is 0 Å². The maximum absolute atomic E-state index is 5.59. The van der Waals surface area contributed by atoms with Gasteiger partial charge in [0.25, 0.3) is 0 Å². The van der Waals surface area contributed by atoms with Crippen LogP contribution >= 0.6 is 9.24 Å². The van der Waals surface area contributed by atoms with Crippen LogP contribution in [0.4, 0.5) is 0 Å². The first-order chi connectivity index (χ1) is 8.27. The molecule has 0 heterocycles. The standard InChI is InChI=1S/C15H29OP/c1-16-12-15(17,13-8-4-2-5-9-13)14-10-6-3-7-11-14/h13-14H,2-12,17H2,1H3. The Morgan fingerprint density at radius 3 is 1.65 bits per heavy atom. The van der Waals surface area contributed by atoms with Crippen LogP contribution in [0.1, 0.15) is 64.2 Å². The minimum atomic E-state index is 0.385. The van der Waals surface area contributed by atoms with Gasteiger partial charge in [-0.2, -0.15) is 0 Å². The van der Waals surface area contributed by atoms with Crippen molar-refractivity contribution >= 4 is 9.24 Å². The van der Waals surface area contributed by atoms with Crippen molar-refractivity contribution in [2.75, 3.05) is 13.7 Å². The topological polar surface area (TPSA) is 9.23 Å². The molecule has 100 valence electrons. The molecule has 2 saturated carbocycles. The highest BCUT2D eigenvalue weighted by atomic mass is 31.0. The van der Waals surface area contributed by atoms with E-state index < -0.39 is 0 Å². The molecule has 0 aromatic carbocycles. The third-order valence-electron chi connectivity index (χ3n) is 5.12. The summed E-state index contributed by atoms with van der Waals surface area (Å²) in [6.07, 6.45) is 14.4. The lowest BCUT2D eigenvalue weighted by atomic mass is 9.69. The van der Waals surface area contributed by atoms with Crippen molar-refractivity contribution in [3.05, 3.63) is 0 Å². The van der Waals surface area contributed by atoms with Crippen LogP contribution in [0, 0.1) is 11.8 Å². The van der Waals surface area contributed by atoms with Crippen molar-refractivity contribution < 1.29 is 4.74 Å². The molecule has 0 bridgehead atoms. The largest absolute Gasteiger partial charge is 0.384 e. The van der Waals surface area contributed by atoms with E-state index in [1.165, 1.54) is 64.2 Å². The van der Waals surface area contributed by atoms with Crippen molar-refractivity contribution in [2.24, 2.45) is 11.8 Å². The van der Waals surface area contributed by atoms with Gasteiger partial charge in [-0.05, 0) is 37.5 Å². The summed E-state index contributed by atoms with van der Waals surface area (Å²) in [4.78, 5) is 0. The van der Waals surface area contributed by atoms with E-state index in [9.17, 15) is 0 Å². The molecule has 0 aliphatic heterocycles. The summed E-state index contributed by atoms with van der Waals surface area (Å²) in [7, 11) is 5.13. The highest BCUT2D eigenvalue weighted by Crippen LogP contribution is 2.48. The quantitative estimate of drug-likeness (QED) is 0.677. The molecule has 1 nitrogen and oxygen atoms in total. The Bertz CT molecular complexity index is 199. The smallest absolute Gasteiger partial charge is 0.0558 e. The van der Waals surface area contributed by atoms with Gasteiger partial charge in [0.15, 0.2) is 0 Å². The minimum Gasteiger partial charge on any atom is -0.384 e. The van der Waals surface area contributed by atoms with Crippen LogP contribution in [0.15, 0.2) is 0 Å². The number of hydrogen-bond donors (Lipinski definition) is 0. The molecule has 1 unspecified atom stereocenters. The normalized spacial score (nSPS) is 25.1. The van der Waals surface area contributed by atoms with E-state index in [2.05, 4.69) is 9.24 Å². The molecule has 2 heteroatoms. The second-order valence-corrected chi connectivity index (χ2v) is 7.29. The van der Waals surface area contributed by atoms with Crippen molar-refractivity contribution in [3.63, 3.8) is 0 Å². The van der Waals surface area contributed by atoms with Gasteiger partial charge in [0, 0.05) is 12.3 Å². The number of rotatable bonds is 4. The first-order valence-electron chi connectivity index (χ1n) is 7.55. The second kappa shape index (κ2) is 6.53. The van der Waals surface area contributed by atoms with Gasteiger partial charge in [-0.25, -0.2) is 0 Å². The van der Waals surface area contributed by atoms with E-state index in [1.807, 2.05) is 7.11 Å². The van der Waals surface area contributed by atoms with Gasteiger partial charge in [0.2, 0.25) is 0 Å². The Hall–Kier alpha value is 0.390. The van der Waals surface area contributed by atoms with Crippen LogP contribution in [0.3, 0.4) is 0 Å². The van der Waals surface area contributed by atoms with E-state index in [-0.39, 0.29) is 0 Å². The Labute approximate surface area is 109 Å². The maximum Gasteiger partial charge on any atom is 0.0558 e. The van der Waals surface area contributed by atoms with Crippen LogP contribution in [0.25, 0.3) is 0 Å². The first-order valence-corrected chi connectivity index (χ1v) is 8.13. The van der Waals surface area contributed by atoms with Crippen LogP contribution < -0.4 is 0 Å². The minimum absolute atomic E-state index is 0.385. The third kappa shape index (κ3) is 3.24. The molecule has 2 aliphatic carbocycles. The molecule has 0 spiro atoms. The van der Waals surface area contributed by atoms with E-state index in [1.54, 1.807) is 0 Å². The van der Waals surface area contributed by atoms with E-state index in [0.717, 1.165) is 18.4 Å². The second-order valence-electron chi connectivity index (χ2n) is 6.22. The van der Waals surface area contributed by atoms with Crippen LogP contribution in [-0.4, -0.2) is 18.9 Å². The summed E-state index contributed by atoms with van der Waals surface area (Å²) in [6, 6.07) is 0. The lowest BCUT2D eigenvalue weighted by Crippen LogP contribution is -2.45. The van der Waals surface area contributed by atoms with Gasteiger partial charge < -0.3 is 4.74 Å². The van der Waals surface area contributed by atoms with Crippen molar-refractivity contribution in [3.8, 4) is 0 Å². The fourth-order valence-corrected chi connectivity index (χ4v) is 4.93. The highest BCUT2D eigenvalue weighted by molar-refractivity contribution is 7.19. The molecular formula is C15H29OP. The summed E-state index contributed by atoms with van der Waals surface area (Å²) in [6.45, 7) is 0.951. The SMILES string of the molecule is COCC(P)(C1CCCCC1)C1CCCCC1. The molecule has 2 aliphatic rings. The molecular weight excluding hydrogens is 227 g/mol. The summed E-state index contributed by atoms with van der Waals surface area (Å²) >= 11 is 0. The van der Waals surface area contributed by atoms with E-state index >= 15 is 0 Å². The Kier molecular flexibility index (Phi) is 5.30. The Balaban J connectivity index is 2.05. The Morgan fingerprint density at radius 1 is 0.882 bits per heavy atom. The average Bonchev–Trinajstić information content (AvgIpc) is 2.41. The van der Waals surface area contributed by atoms with E-state index in [4.69, 9.17) is 4.74 Å². The van der Waals surface area contributed by atoms with Crippen molar-refractivity contribution in [2.45, 2.75) is 69.4 Å². The number of hydrogen-bond acceptors (Lipinski definition) is 1. The number of ether oxygens (including phenoxy) is 1. The molecule has 2 fully saturated rings. The summed E-state index contributed by atoms with van der Waals surface area (Å²) in [5.74, 6) is 1.79. The average molecular weight is 256 g/mol. The monoisotopic (exact) mass is 256 g/mol. The Morgan fingerprint density at radius 2 is 1.29 bits per heavy atom. The molecule has 0 aromatic heterocycles. The lowest BCUT2D eigenvalue weighted by Gasteiger charge is -2.46. The zero-order chi connectivity index (χ0) is 12.1. The highest BCUT2D eigenvalue weighted by Gasteiger charge is 2.41. The summed E-state index contributed by atoms with van der Waals surface area (Å²) in [5, 5.41) is 0.385. The van der Waals surface area contributed by atoms with Gasteiger partial charge in [0.05, 0.1) is 6.61 Å². The molecule has 0 amide bonds. The molecule has 0 N–H and O–H groups in total. The predicted molar refractivity (Wildman–Crippen MR) is 77.5 cm³/mol. The summed E-state index contributed by atoms with van der Waals surface area (Å²) < 4.78 is 5.59. The summed E-state index contributed by atoms with van der Waals surface area (Å²) in [5.41, 5.74) is 0. The predicted octanol–water partition coefficient (Wildman–Crippen LogP) is 4.41. The van der Waals surface area contributed by atoms with Crippen LogP contribution in [-0.2, 0) is 4.74 Å². The van der Waals surface area contributed by atoms with Gasteiger partial charge in [-0.1, -0.05) is 38.5 Å². The zero-order valence-electron chi connectivity index (χ0n) is 11.4. The molecule has 2 rings (SSSR count). The van der Waals surface area contributed by atoms with Crippen LogP contribution in [0.2, 0.25) is 0 Å². The molecule has 17 heavy (non-hydrogen) atoms. The molecule has 1 atom stereocenters. The van der Waals surface area contributed by atoms with Gasteiger partial charge in [-0.15, -0.1) is 9.24 Å². The fraction of sp³-hybridized carbons (Fsp3) is 1.00. The zero-order valence-corrected chi connectivity index (χ0v) is 12.6. The van der Waals surface area contributed by atoms with Crippen LogP contribution in [0.5, 0.6) is 0 Å². The van der Waals surface area contributed by atoms with Gasteiger partial charge >= 0.3 is 0 Å². The van der Waals surface area contributed by atoms with E-state index in [0.29, 0.717) is 5.16 Å². The number of methoxy groups -OCH3 is 1. The molecule has 0 aromatic rings. The van der Waals surface area contributed by atoms with Crippen molar-refractivity contribution in [1.82, 2.24) is 0 Å². The first kappa shape index (κ1) is 13.8. The van der Waals surface area contributed by atoms with Crippen molar-refractivity contribution in [1.29, 1.82) is 0 Å². The van der Waals surface area contributed by atoms with Gasteiger partial charge in [0.1, 0.15) is 0 Å². The lowest BCUT2D eigenvalue weighted by molar-refractivity contribution is 0.0770.